The number of rotatable bonds is 3. The summed E-state index contributed by atoms with van der Waals surface area (Å²) in [4.78, 5) is 4.68. The monoisotopic (exact) mass is 285 g/mol. The van der Waals surface area contributed by atoms with Crippen LogP contribution in [0, 0.1) is 5.92 Å². The number of nitrogens with two attached hydrogens (primary N) is 1. The van der Waals surface area contributed by atoms with Gasteiger partial charge in [0.1, 0.15) is 10.4 Å². The van der Waals surface area contributed by atoms with Gasteiger partial charge in [0.05, 0.1) is 5.69 Å². The Hall–Kier alpha value is -0.350. The van der Waals surface area contributed by atoms with Crippen molar-refractivity contribution in [2.75, 3.05) is 6.54 Å². The molecule has 0 fully saturated rings. The summed E-state index contributed by atoms with van der Waals surface area (Å²) >= 11 is 3.58. The summed E-state index contributed by atoms with van der Waals surface area (Å²) in [6.07, 6.45) is 3.68. The molecule has 0 aliphatic carbocycles. The van der Waals surface area contributed by atoms with Crippen LogP contribution in [0.15, 0.2) is 4.60 Å². The van der Waals surface area contributed by atoms with Crippen molar-refractivity contribution in [3.8, 4) is 0 Å². The van der Waals surface area contributed by atoms with Gasteiger partial charge in [-0.3, -0.25) is 0 Å². The topological polar surface area (TPSA) is 43.8 Å². The maximum absolute atomic E-state index is 5.88. The molecule has 0 bridgehead atoms. The summed E-state index contributed by atoms with van der Waals surface area (Å²) in [5.74, 6) is 2.10. The third-order valence-corrected chi connectivity index (χ3v) is 4.12. The van der Waals surface area contributed by atoms with E-state index in [9.17, 15) is 0 Å². The number of imidazole rings is 1. The van der Waals surface area contributed by atoms with Gasteiger partial charge in [-0.1, -0.05) is 13.8 Å². The number of hydrogen-bond donors (Lipinski definition) is 1. The molecule has 16 heavy (non-hydrogen) atoms. The molecule has 0 aromatic carbocycles. The molecule has 0 saturated heterocycles. The van der Waals surface area contributed by atoms with Gasteiger partial charge in [-0.25, -0.2) is 4.98 Å². The van der Waals surface area contributed by atoms with Crippen molar-refractivity contribution in [1.29, 1.82) is 0 Å². The fourth-order valence-corrected chi connectivity index (χ4v) is 3.08. The molecule has 0 saturated carbocycles. The quantitative estimate of drug-likeness (QED) is 0.928. The summed E-state index contributed by atoms with van der Waals surface area (Å²) in [5, 5.41) is 0. The Morgan fingerprint density at radius 3 is 2.81 bits per heavy atom. The highest BCUT2D eigenvalue weighted by molar-refractivity contribution is 9.10. The van der Waals surface area contributed by atoms with E-state index in [0.717, 1.165) is 17.6 Å². The average Bonchev–Trinajstić information content (AvgIpc) is 2.58. The van der Waals surface area contributed by atoms with Crippen LogP contribution in [0.4, 0.5) is 0 Å². The molecule has 2 N–H and O–H groups in total. The van der Waals surface area contributed by atoms with Gasteiger partial charge >= 0.3 is 0 Å². The first kappa shape index (κ1) is 12.1. The number of fused-ring (bicyclic) bond motifs is 1. The first-order valence-corrected chi connectivity index (χ1v) is 6.89. The lowest BCUT2D eigenvalue weighted by Gasteiger charge is -2.23. The third-order valence-electron chi connectivity index (χ3n) is 3.49. The highest BCUT2D eigenvalue weighted by Gasteiger charge is 2.25. The molecular formula is C12H20BrN3. The van der Waals surface area contributed by atoms with E-state index in [1.165, 1.54) is 24.4 Å². The van der Waals surface area contributed by atoms with Crippen molar-refractivity contribution in [2.45, 2.75) is 45.6 Å². The van der Waals surface area contributed by atoms with Crippen LogP contribution in [-0.4, -0.2) is 16.1 Å². The van der Waals surface area contributed by atoms with Gasteiger partial charge in [-0.05, 0) is 41.1 Å². The maximum atomic E-state index is 5.88. The highest BCUT2D eigenvalue weighted by Crippen LogP contribution is 2.30. The minimum atomic E-state index is 0.378. The molecule has 1 aromatic heterocycles. The fourth-order valence-electron chi connectivity index (χ4n) is 2.48. The molecule has 1 aromatic rings. The molecule has 90 valence electrons. The van der Waals surface area contributed by atoms with Crippen molar-refractivity contribution >= 4 is 15.9 Å². The molecule has 1 atom stereocenters. The average molecular weight is 286 g/mol. The van der Waals surface area contributed by atoms with Crippen molar-refractivity contribution in [2.24, 2.45) is 11.7 Å². The van der Waals surface area contributed by atoms with Gasteiger partial charge < -0.3 is 10.3 Å². The zero-order valence-corrected chi connectivity index (χ0v) is 11.6. The summed E-state index contributed by atoms with van der Waals surface area (Å²) < 4.78 is 3.41. The van der Waals surface area contributed by atoms with Gasteiger partial charge in [0.15, 0.2) is 0 Å². The summed E-state index contributed by atoms with van der Waals surface area (Å²) in [5.41, 5.74) is 7.24. The van der Waals surface area contributed by atoms with Crippen LogP contribution in [0.1, 0.15) is 44.1 Å². The highest BCUT2D eigenvalue weighted by atomic mass is 79.9. The van der Waals surface area contributed by atoms with Gasteiger partial charge in [-0.2, -0.15) is 0 Å². The van der Waals surface area contributed by atoms with E-state index in [-0.39, 0.29) is 0 Å². The lowest BCUT2D eigenvalue weighted by Crippen LogP contribution is -2.23. The molecule has 0 spiro atoms. The SMILES string of the molecule is CC(C)C(CN)c1nc(Br)c2n1CCCC2. The molecule has 2 rings (SSSR count). The molecule has 0 radical (unpaired) electrons. The van der Waals surface area contributed by atoms with Crippen molar-refractivity contribution in [3.63, 3.8) is 0 Å². The Kier molecular flexibility index (Phi) is 3.70. The van der Waals surface area contributed by atoms with Gasteiger partial charge in [0, 0.05) is 19.0 Å². The molecule has 0 amide bonds. The molecule has 2 heterocycles. The minimum Gasteiger partial charge on any atom is -0.331 e. The maximum Gasteiger partial charge on any atom is 0.127 e. The third kappa shape index (κ3) is 2.05. The largest absolute Gasteiger partial charge is 0.331 e. The second-order valence-corrected chi connectivity index (χ2v) is 5.65. The van der Waals surface area contributed by atoms with Crippen LogP contribution in [0.25, 0.3) is 0 Å². The van der Waals surface area contributed by atoms with E-state index in [4.69, 9.17) is 5.73 Å². The van der Waals surface area contributed by atoms with E-state index >= 15 is 0 Å². The van der Waals surface area contributed by atoms with E-state index < -0.39 is 0 Å². The number of hydrogen-bond acceptors (Lipinski definition) is 2. The number of nitrogens with zero attached hydrogens (tertiary/aromatic N) is 2. The molecule has 1 unspecified atom stereocenters. The smallest absolute Gasteiger partial charge is 0.127 e. The predicted molar refractivity (Wildman–Crippen MR) is 69.5 cm³/mol. The Morgan fingerprint density at radius 1 is 1.44 bits per heavy atom. The Balaban J connectivity index is 2.40. The van der Waals surface area contributed by atoms with Gasteiger partial charge in [0.25, 0.3) is 0 Å². The zero-order chi connectivity index (χ0) is 11.7. The van der Waals surface area contributed by atoms with E-state index in [2.05, 4.69) is 39.3 Å². The zero-order valence-electron chi connectivity index (χ0n) is 10.0. The first-order valence-electron chi connectivity index (χ1n) is 6.10. The normalized spacial score (nSPS) is 17.6. The molecule has 4 heteroatoms. The minimum absolute atomic E-state index is 0.378. The Bertz CT molecular complexity index is 371. The second kappa shape index (κ2) is 4.88. The number of halogens is 1. The van der Waals surface area contributed by atoms with Crippen LogP contribution in [0.2, 0.25) is 0 Å². The first-order chi connectivity index (χ1) is 7.65. The van der Waals surface area contributed by atoms with Crippen LogP contribution < -0.4 is 5.73 Å². The summed E-state index contributed by atoms with van der Waals surface area (Å²) in [6.45, 7) is 6.22. The van der Waals surface area contributed by atoms with Crippen molar-refractivity contribution in [1.82, 2.24) is 9.55 Å². The lowest BCUT2D eigenvalue weighted by atomic mass is 9.95. The van der Waals surface area contributed by atoms with Gasteiger partial charge in [0.2, 0.25) is 0 Å². The molecular weight excluding hydrogens is 266 g/mol. The van der Waals surface area contributed by atoms with E-state index in [0.29, 0.717) is 18.4 Å². The predicted octanol–water partition coefficient (Wildman–Crippen LogP) is 2.68. The summed E-state index contributed by atoms with van der Waals surface area (Å²) in [7, 11) is 0. The summed E-state index contributed by atoms with van der Waals surface area (Å²) in [6, 6.07) is 0. The van der Waals surface area contributed by atoms with Crippen LogP contribution in [0.3, 0.4) is 0 Å². The number of aromatic nitrogens is 2. The van der Waals surface area contributed by atoms with E-state index in [1.807, 2.05) is 0 Å². The molecule has 3 nitrogen and oxygen atoms in total. The van der Waals surface area contributed by atoms with Crippen LogP contribution in [-0.2, 0) is 13.0 Å². The fraction of sp³-hybridized carbons (Fsp3) is 0.750. The van der Waals surface area contributed by atoms with Gasteiger partial charge in [-0.15, -0.1) is 0 Å². The Morgan fingerprint density at radius 2 is 2.19 bits per heavy atom. The van der Waals surface area contributed by atoms with Crippen LogP contribution in [0.5, 0.6) is 0 Å². The van der Waals surface area contributed by atoms with E-state index in [1.54, 1.807) is 0 Å². The van der Waals surface area contributed by atoms with Crippen molar-refractivity contribution in [3.05, 3.63) is 16.1 Å². The second-order valence-electron chi connectivity index (χ2n) is 4.90. The Labute approximate surface area is 106 Å². The molecule has 1 aliphatic heterocycles. The lowest BCUT2D eigenvalue weighted by molar-refractivity contribution is 0.436. The van der Waals surface area contributed by atoms with Crippen molar-refractivity contribution < 1.29 is 0 Å². The van der Waals surface area contributed by atoms with Crippen LogP contribution >= 0.6 is 15.9 Å². The molecule has 1 aliphatic rings. The standard InChI is InChI=1S/C12H20BrN3/c1-8(2)9(7-14)12-15-11(13)10-5-3-4-6-16(10)12/h8-9H,3-7,14H2,1-2H3.